The third-order valence-corrected chi connectivity index (χ3v) is 3.73. The molecule has 0 saturated carbocycles. The van der Waals surface area contributed by atoms with Gasteiger partial charge in [-0.25, -0.2) is 0 Å². The lowest BCUT2D eigenvalue weighted by molar-refractivity contribution is -0.153. The SMILES string of the molecule is O=C1OC(=O)C2CC(S(=O)(=O)O)C=CC12. The van der Waals surface area contributed by atoms with Crippen molar-refractivity contribution in [3.8, 4) is 0 Å². The molecule has 15 heavy (non-hydrogen) atoms. The molecule has 3 unspecified atom stereocenters. The molecule has 1 aliphatic carbocycles. The van der Waals surface area contributed by atoms with Gasteiger partial charge in [0.15, 0.2) is 0 Å². The van der Waals surface area contributed by atoms with Crippen LogP contribution in [0.3, 0.4) is 0 Å². The lowest BCUT2D eigenvalue weighted by Crippen LogP contribution is -2.30. The average Bonchev–Trinajstić information content (AvgIpc) is 2.41. The molecule has 1 saturated heterocycles. The van der Waals surface area contributed by atoms with Gasteiger partial charge in [-0.15, -0.1) is 0 Å². The molecule has 0 aromatic heterocycles. The topological polar surface area (TPSA) is 97.7 Å². The summed E-state index contributed by atoms with van der Waals surface area (Å²) in [5.74, 6) is -2.86. The van der Waals surface area contributed by atoms with E-state index in [4.69, 9.17) is 4.55 Å². The molecule has 1 N–H and O–H groups in total. The van der Waals surface area contributed by atoms with E-state index in [0.717, 1.165) is 0 Å². The standard InChI is InChI=1S/C8H8O6S/c9-7-5-2-1-4(15(11,12)13)3-6(5)8(10)14-7/h1-2,4-6H,3H2,(H,11,12,13). The van der Waals surface area contributed by atoms with Crippen molar-refractivity contribution in [2.75, 3.05) is 0 Å². The van der Waals surface area contributed by atoms with Crippen molar-refractivity contribution in [3.05, 3.63) is 12.2 Å². The number of hydrogen-bond donors (Lipinski definition) is 1. The first-order valence-corrected chi connectivity index (χ1v) is 5.80. The van der Waals surface area contributed by atoms with E-state index in [9.17, 15) is 18.0 Å². The predicted octanol–water partition coefficient (Wildman–Crippen LogP) is -0.481. The summed E-state index contributed by atoms with van der Waals surface area (Å²) < 4.78 is 34.8. The van der Waals surface area contributed by atoms with E-state index in [1.165, 1.54) is 12.2 Å². The smallest absolute Gasteiger partial charge is 0.321 e. The van der Waals surface area contributed by atoms with Crippen LogP contribution < -0.4 is 0 Å². The second-order valence-corrected chi connectivity index (χ2v) is 5.18. The lowest BCUT2D eigenvalue weighted by atomic mass is 9.86. The van der Waals surface area contributed by atoms with E-state index in [1.807, 2.05) is 0 Å². The van der Waals surface area contributed by atoms with Gasteiger partial charge in [0.05, 0.1) is 11.8 Å². The van der Waals surface area contributed by atoms with Crippen LogP contribution in [0.25, 0.3) is 0 Å². The number of ether oxygens (including phenoxy) is 1. The Morgan fingerprint density at radius 1 is 1.27 bits per heavy atom. The number of fused-ring (bicyclic) bond motifs is 1. The number of carbonyl (C=O) groups excluding carboxylic acids is 2. The molecule has 0 aromatic rings. The van der Waals surface area contributed by atoms with Gasteiger partial charge in [-0.05, 0) is 6.42 Å². The van der Waals surface area contributed by atoms with Gasteiger partial charge in [-0.3, -0.25) is 14.1 Å². The Morgan fingerprint density at radius 2 is 1.93 bits per heavy atom. The molecule has 1 fully saturated rings. The minimum atomic E-state index is -4.21. The monoisotopic (exact) mass is 232 g/mol. The molecular formula is C8H8O6S. The predicted molar refractivity (Wildman–Crippen MR) is 47.2 cm³/mol. The Hall–Kier alpha value is -1.21. The summed E-state index contributed by atoms with van der Waals surface area (Å²) in [4.78, 5) is 22.2. The number of carbonyl (C=O) groups is 2. The number of rotatable bonds is 1. The maximum atomic E-state index is 11.1. The molecule has 82 valence electrons. The van der Waals surface area contributed by atoms with Crippen molar-refractivity contribution < 1.29 is 27.3 Å². The van der Waals surface area contributed by atoms with Crippen LogP contribution in [0.5, 0.6) is 0 Å². The van der Waals surface area contributed by atoms with Crippen LogP contribution in [-0.4, -0.2) is 30.2 Å². The summed E-state index contributed by atoms with van der Waals surface area (Å²) in [6, 6.07) is 0. The first-order valence-electron chi connectivity index (χ1n) is 4.30. The third kappa shape index (κ3) is 1.68. The number of esters is 2. The second kappa shape index (κ2) is 3.14. The molecule has 0 spiro atoms. The Morgan fingerprint density at radius 3 is 2.53 bits per heavy atom. The zero-order chi connectivity index (χ0) is 11.2. The number of hydrogen-bond acceptors (Lipinski definition) is 5. The molecule has 0 aromatic carbocycles. The Balaban J connectivity index is 2.31. The van der Waals surface area contributed by atoms with Crippen LogP contribution >= 0.6 is 0 Å². The first kappa shape index (κ1) is 10.3. The van der Waals surface area contributed by atoms with Crippen LogP contribution in [0.2, 0.25) is 0 Å². The average molecular weight is 232 g/mol. The van der Waals surface area contributed by atoms with Crippen LogP contribution in [0, 0.1) is 11.8 Å². The first-order chi connectivity index (χ1) is 6.89. The van der Waals surface area contributed by atoms with Gasteiger partial charge in [0.25, 0.3) is 10.1 Å². The van der Waals surface area contributed by atoms with Crippen LogP contribution in [-0.2, 0) is 24.4 Å². The third-order valence-electron chi connectivity index (χ3n) is 2.61. The van der Waals surface area contributed by atoms with E-state index in [1.54, 1.807) is 0 Å². The van der Waals surface area contributed by atoms with Crippen molar-refractivity contribution >= 4 is 22.1 Å². The van der Waals surface area contributed by atoms with Crippen molar-refractivity contribution in [2.24, 2.45) is 11.8 Å². The molecule has 7 heteroatoms. The molecule has 0 amide bonds. The quantitative estimate of drug-likeness (QED) is 0.284. The maximum absolute atomic E-state index is 11.1. The molecule has 6 nitrogen and oxygen atoms in total. The molecule has 3 atom stereocenters. The minimum Gasteiger partial charge on any atom is -0.392 e. The van der Waals surface area contributed by atoms with E-state index in [-0.39, 0.29) is 6.42 Å². The summed E-state index contributed by atoms with van der Waals surface area (Å²) in [6.07, 6.45) is 2.42. The van der Waals surface area contributed by atoms with Crippen molar-refractivity contribution in [1.82, 2.24) is 0 Å². The summed E-state index contributed by atoms with van der Waals surface area (Å²) >= 11 is 0. The summed E-state index contributed by atoms with van der Waals surface area (Å²) in [7, 11) is -4.21. The highest BCUT2D eigenvalue weighted by atomic mass is 32.2. The molecule has 0 bridgehead atoms. The van der Waals surface area contributed by atoms with Gasteiger partial charge >= 0.3 is 11.9 Å². The highest BCUT2D eigenvalue weighted by molar-refractivity contribution is 7.86. The Labute approximate surface area is 85.7 Å². The molecule has 1 aliphatic heterocycles. The normalized spacial score (nSPS) is 35.1. The molecule has 2 rings (SSSR count). The summed E-state index contributed by atoms with van der Waals surface area (Å²) in [5.41, 5.74) is 0. The highest BCUT2D eigenvalue weighted by Gasteiger charge is 2.47. The van der Waals surface area contributed by atoms with Gasteiger partial charge in [-0.2, -0.15) is 8.42 Å². The molecule has 1 heterocycles. The van der Waals surface area contributed by atoms with Crippen LogP contribution in [0.4, 0.5) is 0 Å². The number of cyclic esters (lactones) is 2. The van der Waals surface area contributed by atoms with Crippen molar-refractivity contribution in [2.45, 2.75) is 11.7 Å². The fourth-order valence-electron chi connectivity index (χ4n) is 1.80. The van der Waals surface area contributed by atoms with E-state index in [2.05, 4.69) is 4.74 Å². The zero-order valence-electron chi connectivity index (χ0n) is 7.49. The van der Waals surface area contributed by atoms with Crippen molar-refractivity contribution in [1.29, 1.82) is 0 Å². The lowest BCUT2D eigenvalue weighted by Gasteiger charge is -2.19. The Bertz CT molecular complexity index is 448. The van der Waals surface area contributed by atoms with Crippen LogP contribution in [0.1, 0.15) is 6.42 Å². The van der Waals surface area contributed by atoms with E-state index in [0.29, 0.717) is 0 Å². The van der Waals surface area contributed by atoms with Gasteiger partial charge in [0.2, 0.25) is 0 Å². The molecule has 0 radical (unpaired) electrons. The van der Waals surface area contributed by atoms with E-state index >= 15 is 0 Å². The van der Waals surface area contributed by atoms with Crippen LogP contribution in [0.15, 0.2) is 12.2 Å². The fraction of sp³-hybridized carbons (Fsp3) is 0.500. The zero-order valence-corrected chi connectivity index (χ0v) is 8.31. The van der Waals surface area contributed by atoms with Gasteiger partial charge < -0.3 is 4.74 Å². The second-order valence-electron chi connectivity index (χ2n) is 3.55. The Kier molecular flexibility index (Phi) is 2.16. The van der Waals surface area contributed by atoms with Gasteiger partial charge in [0, 0.05) is 0 Å². The highest BCUT2D eigenvalue weighted by Crippen LogP contribution is 2.34. The minimum absolute atomic E-state index is 0.107. The fourth-order valence-corrected chi connectivity index (χ4v) is 2.54. The molecule has 2 aliphatic rings. The maximum Gasteiger partial charge on any atom is 0.321 e. The van der Waals surface area contributed by atoms with Gasteiger partial charge in [-0.1, -0.05) is 12.2 Å². The summed E-state index contributed by atoms with van der Waals surface area (Å²) in [5, 5.41) is -1.13. The van der Waals surface area contributed by atoms with E-state index < -0.39 is 39.1 Å². The summed E-state index contributed by atoms with van der Waals surface area (Å²) in [6.45, 7) is 0. The largest absolute Gasteiger partial charge is 0.392 e. The van der Waals surface area contributed by atoms with Crippen molar-refractivity contribution in [3.63, 3.8) is 0 Å². The van der Waals surface area contributed by atoms with Gasteiger partial charge in [0.1, 0.15) is 5.25 Å². The molecular weight excluding hydrogens is 224 g/mol.